The van der Waals surface area contributed by atoms with Gasteiger partial charge in [0, 0.05) is 24.6 Å². The molecule has 19 heavy (non-hydrogen) atoms. The summed E-state index contributed by atoms with van der Waals surface area (Å²) in [6.07, 6.45) is 0.207. The highest BCUT2D eigenvalue weighted by molar-refractivity contribution is 5.98. The average Bonchev–Trinajstić information content (AvgIpc) is 2.36. The summed E-state index contributed by atoms with van der Waals surface area (Å²) < 4.78 is 4.75. The lowest BCUT2D eigenvalue weighted by atomic mass is 10.1. The predicted molar refractivity (Wildman–Crippen MR) is 70.9 cm³/mol. The van der Waals surface area contributed by atoms with Crippen molar-refractivity contribution in [3.8, 4) is 0 Å². The fraction of sp³-hybridized carbons (Fsp3) is 0.357. The van der Waals surface area contributed by atoms with E-state index in [-0.39, 0.29) is 30.5 Å². The highest BCUT2D eigenvalue weighted by Gasteiger charge is 2.09. The second-order valence-corrected chi connectivity index (χ2v) is 3.99. The summed E-state index contributed by atoms with van der Waals surface area (Å²) >= 11 is 0. The van der Waals surface area contributed by atoms with E-state index in [1.54, 1.807) is 31.2 Å². The van der Waals surface area contributed by atoms with E-state index in [4.69, 9.17) is 4.74 Å². The van der Waals surface area contributed by atoms with E-state index < -0.39 is 0 Å². The number of amides is 1. The third kappa shape index (κ3) is 5.33. The van der Waals surface area contributed by atoms with Gasteiger partial charge in [-0.3, -0.25) is 14.4 Å². The molecule has 1 rings (SSSR count). The van der Waals surface area contributed by atoms with Gasteiger partial charge < -0.3 is 10.1 Å². The quantitative estimate of drug-likeness (QED) is 0.630. The zero-order chi connectivity index (χ0) is 14.3. The van der Waals surface area contributed by atoms with Gasteiger partial charge in [-0.1, -0.05) is 0 Å². The molecule has 0 radical (unpaired) electrons. The Morgan fingerprint density at radius 1 is 1.11 bits per heavy atom. The third-order valence-corrected chi connectivity index (χ3v) is 2.39. The maximum absolute atomic E-state index is 11.8. The summed E-state index contributed by atoms with van der Waals surface area (Å²) in [6.45, 7) is 3.46. The third-order valence-electron chi connectivity index (χ3n) is 2.39. The number of carbonyl (C=O) groups is 3. The lowest BCUT2D eigenvalue weighted by Gasteiger charge is -2.04. The molecule has 1 aromatic carbocycles. The van der Waals surface area contributed by atoms with Crippen molar-refractivity contribution < 1.29 is 19.1 Å². The summed E-state index contributed by atoms with van der Waals surface area (Å²) in [4.78, 5) is 33.8. The van der Waals surface area contributed by atoms with Gasteiger partial charge in [-0.2, -0.15) is 0 Å². The largest absolute Gasteiger partial charge is 0.466 e. The molecular formula is C14H17NO4. The van der Waals surface area contributed by atoms with Crippen molar-refractivity contribution in [1.82, 2.24) is 0 Å². The molecule has 102 valence electrons. The maximum Gasteiger partial charge on any atom is 0.306 e. The van der Waals surface area contributed by atoms with E-state index in [2.05, 4.69) is 5.32 Å². The fourth-order valence-corrected chi connectivity index (χ4v) is 1.54. The van der Waals surface area contributed by atoms with Crippen LogP contribution in [0.3, 0.4) is 0 Å². The Bertz CT molecular complexity index is 465. The first-order chi connectivity index (χ1) is 9.02. The summed E-state index contributed by atoms with van der Waals surface area (Å²) in [5.41, 5.74) is 1.15. The van der Waals surface area contributed by atoms with Gasteiger partial charge in [-0.25, -0.2) is 0 Å². The molecule has 0 aliphatic carbocycles. The van der Waals surface area contributed by atoms with Crippen molar-refractivity contribution in [3.05, 3.63) is 29.8 Å². The lowest BCUT2D eigenvalue weighted by molar-refractivity contribution is -0.143. The van der Waals surface area contributed by atoms with Gasteiger partial charge in [0.05, 0.1) is 13.0 Å². The Kier molecular flexibility index (Phi) is 5.73. The Morgan fingerprint density at radius 2 is 1.74 bits per heavy atom. The molecule has 0 aliphatic heterocycles. The molecule has 0 aliphatic rings. The highest BCUT2D eigenvalue weighted by Crippen LogP contribution is 2.12. The zero-order valence-electron chi connectivity index (χ0n) is 11.1. The number of rotatable bonds is 6. The van der Waals surface area contributed by atoms with Gasteiger partial charge in [0.15, 0.2) is 5.78 Å². The molecule has 0 unspecified atom stereocenters. The number of esters is 1. The number of Topliss-reactive ketones (excluding diaryl/α,β-unsaturated/α-hetero) is 1. The molecule has 0 heterocycles. The number of hydrogen-bond donors (Lipinski definition) is 1. The van der Waals surface area contributed by atoms with Crippen molar-refractivity contribution in [2.75, 3.05) is 11.9 Å². The number of anilines is 1. The minimum absolute atomic E-state index is 0.0835. The number of ether oxygens (including phenoxy) is 1. The molecular weight excluding hydrogens is 246 g/mol. The van der Waals surface area contributed by atoms with Crippen molar-refractivity contribution in [2.24, 2.45) is 0 Å². The zero-order valence-corrected chi connectivity index (χ0v) is 11.1. The molecule has 1 aromatic rings. The minimum Gasteiger partial charge on any atom is -0.466 e. The van der Waals surface area contributed by atoms with Crippen molar-refractivity contribution in [1.29, 1.82) is 0 Å². The second kappa shape index (κ2) is 7.31. The summed E-state index contributed by atoms with van der Waals surface area (Å²) in [5.74, 6) is -0.658. The predicted octanol–water partition coefficient (Wildman–Crippen LogP) is 2.17. The van der Waals surface area contributed by atoms with E-state index in [0.29, 0.717) is 17.9 Å². The van der Waals surface area contributed by atoms with Crippen LogP contribution in [0.1, 0.15) is 37.0 Å². The minimum atomic E-state index is -0.370. The van der Waals surface area contributed by atoms with Crippen LogP contribution in [0.25, 0.3) is 0 Å². The first-order valence-electron chi connectivity index (χ1n) is 6.09. The maximum atomic E-state index is 11.8. The number of ketones is 1. The molecule has 1 amide bonds. The van der Waals surface area contributed by atoms with Crippen molar-refractivity contribution in [2.45, 2.75) is 26.7 Å². The molecule has 0 saturated carbocycles. The standard InChI is InChI=1S/C14H17NO4/c1-3-19-14(18)9-8-13(17)11-4-6-12(7-5-11)15-10(2)16/h4-7H,3,8-9H2,1-2H3,(H,15,16). The van der Waals surface area contributed by atoms with Crippen molar-refractivity contribution in [3.63, 3.8) is 0 Å². The van der Waals surface area contributed by atoms with Gasteiger partial charge in [-0.15, -0.1) is 0 Å². The number of benzene rings is 1. The van der Waals surface area contributed by atoms with Gasteiger partial charge in [-0.05, 0) is 31.2 Å². The fourth-order valence-electron chi connectivity index (χ4n) is 1.54. The molecule has 1 N–H and O–H groups in total. The van der Waals surface area contributed by atoms with Crippen LogP contribution in [-0.2, 0) is 14.3 Å². The highest BCUT2D eigenvalue weighted by atomic mass is 16.5. The summed E-state index contributed by atoms with van der Waals surface area (Å²) in [5, 5.41) is 2.61. The monoisotopic (exact) mass is 263 g/mol. The van der Waals surface area contributed by atoms with Crippen LogP contribution in [0.4, 0.5) is 5.69 Å². The van der Waals surface area contributed by atoms with Gasteiger partial charge in [0.2, 0.25) is 5.91 Å². The van der Waals surface area contributed by atoms with Gasteiger partial charge in [0.1, 0.15) is 0 Å². The lowest BCUT2D eigenvalue weighted by Crippen LogP contribution is -2.08. The Morgan fingerprint density at radius 3 is 2.26 bits per heavy atom. The molecule has 0 fully saturated rings. The van der Waals surface area contributed by atoms with Crippen LogP contribution in [0.5, 0.6) is 0 Å². The first kappa shape index (κ1) is 14.9. The van der Waals surface area contributed by atoms with Gasteiger partial charge >= 0.3 is 5.97 Å². The summed E-state index contributed by atoms with van der Waals surface area (Å²) in [6, 6.07) is 6.55. The molecule has 5 heteroatoms. The van der Waals surface area contributed by atoms with Crippen LogP contribution in [-0.4, -0.2) is 24.3 Å². The molecule has 0 atom stereocenters. The molecule has 0 aromatic heterocycles. The van der Waals surface area contributed by atoms with E-state index >= 15 is 0 Å². The SMILES string of the molecule is CCOC(=O)CCC(=O)c1ccc(NC(C)=O)cc1. The van der Waals surface area contributed by atoms with Crippen LogP contribution >= 0.6 is 0 Å². The summed E-state index contributed by atoms with van der Waals surface area (Å²) in [7, 11) is 0. The van der Waals surface area contributed by atoms with E-state index in [9.17, 15) is 14.4 Å². The second-order valence-electron chi connectivity index (χ2n) is 3.99. The van der Waals surface area contributed by atoms with Crippen LogP contribution in [0.2, 0.25) is 0 Å². The van der Waals surface area contributed by atoms with E-state index in [1.807, 2.05) is 0 Å². The number of hydrogen-bond acceptors (Lipinski definition) is 4. The van der Waals surface area contributed by atoms with E-state index in [0.717, 1.165) is 0 Å². The Balaban J connectivity index is 2.53. The number of carbonyl (C=O) groups excluding carboxylic acids is 3. The van der Waals surface area contributed by atoms with Crippen LogP contribution < -0.4 is 5.32 Å². The molecule has 0 saturated heterocycles. The Hall–Kier alpha value is -2.17. The van der Waals surface area contributed by atoms with Crippen LogP contribution in [0.15, 0.2) is 24.3 Å². The molecule has 0 spiro atoms. The smallest absolute Gasteiger partial charge is 0.306 e. The average molecular weight is 263 g/mol. The van der Waals surface area contributed by atoms with Crippen LogP contribution in [0, 0.1) is 0 Å². The normalized spacial score (nSPS) is 9.79. The number of nitrogens with one attached hydrogen (secondary N) is 1. The molecule has 5 nitrogen and oxygen atoms in total. The first-order valence-corrected chi connectivity index (χ1v) is 6.09. The Labute approximate surface area is 111 Å². The van der Waals surface area contributed by atoms with E-state index in [1.165, 1.54) is 6.92 Å². The van der Waals surface area contributed by atoms with Crippen molar-refractivity contribution >= 4 is 23.3 Å². The molecule has 0 bridgehead atoms. The van der Waals surface area contributed by atoms with Gasteiger partial charge in [0.25, 0.3) is 0 Å². The topological polar surface area (TPSA) is 72.5 Å².